The van der Waals surface area contributed by atoms with Gasteiger partial charge in [0, 0.05) is 24.5 Å². The van der Waals surface area contributed by atoms with Crippen LogP contribution in [0.2, 0.25) is 0 Å². The average molecular weight is 367 g/mol. The fraction of sp³-hybridized carbons (Fsp3) is 0.333. The SMILES string of the molecule is O=C1NCCN1c1ccc(NC(=O)C2(c3ccc(F)cc3)CCCC2)cc1. The van der Waals surface area contributed by atoms with Crippen LogP contribution in [0.3, 0.4) is 0 Å². The van der Waals surface area contributed by atoms with Crippen molar-refractivity contribution in [2.45, 2.75) is 31.1 Å². The van der Waals surface area contributed by atoms with Crippen LogP contribution in [-0.4, -0.2) is 25.0 Å². The quantitative estimate of drug-likeness (QED) is 0.863. The van der Waals surface area contributed by atoms with Gasteiger partial charge in [0.25, 0.3) is 0 Å². The molecule has 1 saturated heterocycles. The molecule has 1 heterocycles. The summed E-state index contributed by atoms with van der Waals surface area (Å²) in [7, 11) is 0. The maximum Gasteiger partial charge on any atom is 0.321 e. The zero-order valence-electron chi connectivity index (χ0n) is 15.0. The van der Waals surface area contributed by atoms with Crippen molar-refractivity contribution >= 4 is 23.3 Å². The molecule has 3 amide bonds. The second-order valence-corrected chi connectivity index (χ2v) is 7.18. The number of carbonyl (C=O) groups excluding carboxylic acids is 2. The van der Waals surface area contributed by atoms with E-state index in [2.05, 4.69) is 10.6 Å². The largest absolute Gasteiger partial charge is 0.336 e. The third-order valence-corrected chi connectivity index (χ3v) is 5.58. The first-order valence-electron chi connectivity index (χ1n) is 9.31. The molecule has 1 aliphatic heterocycles. The third-order valence-electron chi connectivity index (χ3n) is 5.58. The molecule has 0 bridgehead atoms. The second-order valence-electron chi connectivity index (χ2n) is 7.18. The van der Waals surface area contributed by atoms with Crippen LogP contribution in [0.25, 0.3) is 0 Å². The molecule has 6 heteroatoms. The van der Waals surface area contributed by atoms with Gasteiger partial charge in [0.2, 0.25) is 5.91 Å². The first kappa shape index (κ1) is 17.5. The van der Waals surface area contributed by atoms with Gasteiger partial charge in [-0.1, -0.05) is 25.0 Å². The monoisotopic (exact) mass is 367 g/mol. The Kier molecular flexibility index (Phi) is 4.56. The maximum atomic E-state index is 13.3. The van der Waals surface area contributed by atoms with Crippen LogP contribution >= 0.6 is 0 Å². The van der Waals surface area contributed by atoms with Crippen molar-refractivity contribution in [1.29, 1.82) is 0 Å². The van der Waals surface area contributed by atoms with Crippen molar-refractivity contribution in [3.63, 3.8) is 0 Å². The standard InChI is InChI=1S/C21H22FN3O2/c22-16-5-3-15(4-6-16)21(11-1-2-12-21)19(26)24-17-7-9-18(10-8-17)25-14-13-23-20(25)27/h3-10H,1-2,11-14H2,(H,23,27)(H,24,26). The molecule has 0 spiro atoms. The lowest BCUT2D eigenvalue weighted by molar-refractivity contribution is -0.121. The molecule has 2 aromatic carbocycles. The van der Waals surface area contributed by atoms with E-state index in [1.807, 2.05) is 24.3 Å². The molecule has 0 atom stereocenters. The number of hydrogen-bond donors (Lipinski definition) is 2. The molecule has 2 aliphatic rings. The smallest absolute Gasteiger partial charge is 0.321 e. The molecule has 0 radical (unpaired) electrons. The first-order chi connectivity index (χ1) is 13.1. The molecule has 2 aromatic rings. The molecule has 27 heavy (non-hydrogen) atoms. The third kappa shape index (κ3) is 3.27. The van der Waals surface area contributed by atoms with E-state index in [1.54, 1.807) is 17.0 Å². The highest BCUT2D eigenvalue weighted by molar-refractivity contribution is 6.00. The number of urea groups is 1. The van der Waals surface area contributed by atoms with Crippen LogP contribution in [0.5, 0.6) is 0 Å². The molecular weight excluding hydrogens is 345 g/mol. The number of anilines is 2. The Balaban J connectivity index is 1.53. The molecule has 4 rings (SSSR count). The summed E-state index contributed by atoms with van der Waals surface area (Å²) in [5.74, 6) is -0.355. The highest BCUT2D eigenvalue weighted by Gasteiger charge is 2.42. The van der Waals surface area contributed by atoms with E-state index >= 15 is 0 Å². The van der Waals surface area contributed by atoms with Gasteiger partial charge in [0.1, 0.15) is 5.82 Å². The van der Waals surface area contributed by atoms with Gasteiger partial charge in [-0.3, -0.25) is 9.69 Å². The summed E-state index contributed by atoms with van der Waals surface area (Å²) in [6, 6.07) is 13.5. The van der Waals surface area contributed by atoms with Gasteiger partial charge in [0.05, 0.1) is 5.41 Å². The van der Waals surface area contributed by atoms with Crippen molar-refractivity contribution in [2.24, 2.45) is 0 Å². The van der Waals surface area contributed by atoms with Gasteiger partial charge >= 0.3 is 6.03 Å². The number of benzene rings is 2. The molecule has 0 aromatic heterocycles. The van der Waals surface area contributed by atoms with Crippen molar-refractivity contribution in [3.05, 3.63) is 59.9 Å². The number of rotatable bonds is 4. The van der Waals surface area contributed by atoms with E-state index in [1.165, 1.54) is 12.1 Å². The number of nitrogens with zero attached hydrogens (tertiary/aromatic N) is 1. The van der Waals surface area contributed by atoms with Crippen LogP contribution in [-0.2, 0) is 10.2 Å². The minimum absolute atomic E-state index is 0.0572. The van der Waals surface area contributed by atoms with Crippen LogP contribution in [0.4, 0.5) is 20.6 Å². The normalized spacial score (nSPS) is 18.4. The van der Waals surface area contributed by atoms with Gasteiger partial charge in [0.15, 0.2) is 0 Å². The van der Waals surface area contributed by atoms with E-state index in [9.17, 15) is 14.0 Å². The maximum absolute atomic E-state index is 13.3. The Morgan fingerprint density at radius 2 is 1.70 bits per heavy atom. The molecule has 1 aliphatic carbocycles. The van der Waals surface area contributed by atoms with E-state index in [0.29, 0.717) is 18.8 Å². The van der Waals surface area contributed by atoms with Gasteiger partial charge < -0.3 is 10.6 Å². The molecule has 5 nitrogen and oxygen atoms in total. The van der Waals surface area contributed by atoms with E-state index in [-0.39, 0.29) is 17.8 Å². The Morgan fingerprint density at radius 3 is 2.30 bits per heavy atom. The van der Waals surface area contributed by atoms with Gasteiger partial charge in [-0.15, -0.1) is 0 Å². The number of carbonyl (C=O) groups is 2. The molecule has 140 valence electrons. The van der Waals surface area contributed by atoms with Crippen molar-refractivity contribution in [3.8, 4) is 0 Å². The number of nitrogens with one attached hydrogen (secondary N) is 2. The lowest BCUT2D eigenvalue weighted by Gasteiger charge is -2.28. The Bertz CT molecular complexity index is 843. The van der Waals surface area contributed by atoms with E-state index < -0.39 is 5.41 Å². The summed E-state index contributed by atoms with van der Waals surface area (Å²) in [6.07, 6.45) is 3.48. The van der Waals surface area contributed by atoms with Crippen LogP contribution in [0.1, 0.15) is 31.2 Å². The van der Waals surface area contributed by atoms with Gasteiger partial charge in [-0.25, -0.2) is 9.18 Å². The lowest BCUT2D eigenvalue weighted by Crippen LogP contribution is -2.38. The molecule has 2 N–H and O–H groups in total. The van der Waals surface area contributed by atoms with Crippen molar-refractivity contribution < 1.29 is 14.0 Å². The summed E-state index contributed by atoms with van der Waals surface area (Å²) in [4.78, 5) is 26.6. The van der Waals surface area contributed by atoms with Crippen molar-refractivity contribution in [2.75, 3.05) is 23.3 Å². The Labute approximate surface area is 157 Å². The molecule has 2 fully saturated rings. The summed E-state index contributed by atoms with van der Waals surface area (Å²) in [5, 5.41) is 5.78. The Morgan fingerprint density at radius 1 is 1.04 bits per heavy atom. The van der Waals surface area contributed by atoms with Crippen LogP contribution < -0.4 is 15.5 Å². The van der Waals surface area contributed by atoms with Crippen LogP contribution in [0.15, 0.2) is 48.5 Å². The van der Waals surface area contributed by atoms with Gasteiger partial charge in [-0.2, -0.15) is 0 Å². The predicted molar refractivity (Wildman–Crippen MR) is 102 cm³/mol. The minimum Gasteiger partial charge on any atom is -0.336 e. The summed E-state index contributed by atoms with van der Waals surface area (Å²) in [6.45, 7) is 1.27. The van der Waals surface area contributed by atoms with E-state index in [0.717, 1.165) is 36.9 Å². The van der Waals surface area contributed by atoms with E-state index in [4.69, 9.17) is 0 Å². The highest BCUT2D eigenvalue weighted by atomic mass is 19.1. The summed E-state index contributed by atoms with van der Waals surface area (Å²) < 4.78 is 13.3. The number of hydrogen-bond acceptors (Lipinski definition) is 2. The van der Waals surface area contributed by atoms with Crippen molar-refractivity contribution in [1.82, 2.24) is 5.32 Å². The fourth-order valence-corrected chi connectivity index (χ4v) is 4.09. The first-order valence-corrected chi connectivity index (χ1v) is 9.31. The number of halogens is 1. The zero-order valence-corrected chi connectivity index (χ0v) is 15.0. The molecule has 0 unspecified atom stereocenters. The predicted octanol–water partition coefficient (Wildman–Crippen LogP) is 3.81. The molecular formula is C21H22FN3O2. The van der Waals surface area contributed by atoms with Gasteiger partial charge in [-0.05, 0) is 54.8 Å². The fourth-order valence-electron chi connectivity index (χ4n) is 4.09. The lowest BCUT2D eigenvalue weighted by atomic mass is 9.78. The Hall–Kier alpha value is -2.89. The average Bonchev–Trinajstić information content (AvgIpc) is 3.33. The minimum atomic E-state index is -0.610. The topological polar surface area (TPSA) is 61.4 Å². The number of amides is 3. The second kappa shape index (κ2) is 7.02. The van der Waals surface area contributed by atoms with Crippen LogP contribution in [0, 0.1) is 5.82 Å². The summed E-state index contributed by atoms with van der Waals surface area (Å²) in [5.41, 5.74) is 1.75. The highest BCUT2D eigenvalue weighted by Crippen LogP contribution is 2.42. The summed E-state index contributed by atoms with van der Waals surface area (Å²) >= 11 is 0. The molecule has 1 saturated carbocycles. The zero-order chi connectivity index (χ0) is 18.9.